The van der Waals surface area contributed by atoms with E-state index in [0.29, 0.717) is 31.0 Å². The third kappa shape index (κ3) is 3.85. The van der Waals surface area contributed by atoms with Gasteiger partial charge in [0.25, 0.3) is 0 Å². The zero-order chi connectivity index (χ0) is 18.0. The fourth-order valence-electron chi connectivity index (χ4n) is 3.50. The first-order valence-electron chi connectivity index (χ1n) is 8.40. The summed E-state index contributed by atoms with van der Waals surface area (Å²) in [5.74, 6) is -0.618. The van der Waals surface area contributed by atoms with E-state index in [9.17, 15) is 14.4 Å². The third-order valence-corrected chi connectivity index (χ3v) is 5.23. The Kier molecular flexibility index (Phi) is 5.39. The Morgan fingerprint density at radius 2 is 1.84 bits per heavy atom. The van der Waals surface area contributed by atoms with Crippen LogP contribution in [0.3, 0.4) is 0 Å². The maximum atomic E-state index is 12.7. The van der Waals surface area contributed by atoms with Gasteiger partial charge in [0.2, 0.25) is 11.8 Å². The van der Waals surface area contributed by atoms with Crippen molar-refractivity contribution in [3.8, 4) is 0 Å². The normalized spacial score (nSPS) is 22.5. The van der Waals surface area contributed by atoms with Gasteiger partial charge >= 0.3 is 5.97 Å². The molecule has 0 saturated carbocycles. The van der Waals surface area contributed by atoms with E-state index in [1.54, 1.807) is 12.1 Å². The maximum Gasteiger partial charge on any atom is 0.308 e. The predicted molar refractivity (Wildman–Crippen MR) is 91.7 cm³/mol. The quantitative estimate of drug-likeness (QED) is 0.602. The number of hydrogen-bond donors (Lipinski definition) is 0. The Labute approximate surface area is 151 Å². The molecule has 2 aliphatic heterocycles. The van der Waals surface area contributed by atoms with Crippen LogP contribution < -0.4 is 0 Å². The molecule has 0 aromatic heterocycles. The van der Waals surface area contributed by atoms with Gasteiger partial charge in [0, 0.05) is 5.02 Å². The van der Waals surface area contributed by atoms with Crippen molar-refractivity contribution in [1.29, 1.82) is 0 Å². The van der Waals surface area contributed by atoms with E-state index in [-0.39, 0.29) is 36.7 Å². The van der Waals surface area contributed by atoms with Gasteiger partial charge in [-0.2, -0.15) is 0 Å². The van der Waals surface area contributed by atoms with Gasteiger partial charge in [-0.25, -0.2) is 0 Å². The van der Waals surface area contributed by atoms with Gasteiger partial charge in [-0.05, 0) is 43.6 Å². The molecule has 0 radical (unpaired) electrons. The number of halogens is 1. The Morgan fingerprint density at radius 1 is 1.20 bits per heavy atom. The van der Waals surface area contributed by atoms with E-state index in [1.807, 2.05) is 17.0 Å². The Balaban J connectivity index is 1.61. The number of benzene rings is 1. The fraction of sp³-hybridized carbons (Fsp3) is 0.500. The van der Waals surface area contributed by atoms with Crippen LogP contribution in [0.4, 0.5) is 0 Å². The van der Waals surface area contributed by atoms with Gasteiger partial charge in [-0.3, -0.25) is 24.2 Å². The van der Waals surface area contributed by atoms with Crippen LogP contribution in [0, 0.1) is 5.92 Å². The number of methoxy groups -OCH3 is 1. The maximum absolute atomic E-state index is 12.7. The number of nitrogens with zero attached hydrogens (tertiary/aromatic N) is 2. The second-order valence-corrected chi connectivity index (χ2v) is 6.93. The lowest BCUT2D eigenvalue weighted by atomic mass is 9.95. The van der Waals surface area contributed by atoms with Crippen molar-refractivity contribution in [2.75, 3.05) is 20.2 Å². The largest absolute Gasteiger partial charge is 0.469 e. The standard InChI is InChI=1S/C18H21ClN2O4/c1-25-18(24)13-6-8-20(9-7-13)15-10-16(22)21(17(15)23)11-12-2-4-14(19)5-3-12/h2-5,13,15H,6-11H2,1H3/t15-/m1/s1. The summed E-state index contributed by atoms with van der Waals surface area (Å²) < 4.78 is 4.78. The van der Waals surface area contributed by atoms with Crippen molar-refractivity contribution in [3.63, 3.8) is 0 Å². The summed E-state index contributed by atoms with van der Waals surface area (Å²) in [7, 11) is 1.39. The number of hydrogen-bond acceptors (Lipinski definition) is 5. The summed E-state index contributed by atoms with van der Waals surface area (Å²) in [6.07, 6.45) is 1.51. The molecule has 2 saturated heterocycles. The van der Waals surface area contributed by atoms with E-state index in [2.05, 4.69) is 0 Å². The van der Waals surface area contributed by atoms with Crippen LogP contribution >= 0.6 is 11.6 Å². The van der Waals surface area contributed by atoms with Gasteiger partial charge in [0.05, 0.1) is 32.0 Å². The van der Waals surface area contributed by atoms with E-state index in [0.717, 1.165) is 5.56 Å². The molecule has 0 bridgehead atoms. The van der Waals surface area contributed by atoms with Crippen LogP contribution in [0.5, 0.6) is 0 Å². The van der Waals surface area contributed by atoms with Crippen LogP contribution in [-0.2, 0) is 25.7 Å². The molecule has 0 N–H and O–H groups in total. The number of carbonyl (C=O) groups excluding carboxylic acids is 3. The average molecular weight is 365 g/mol. The highest BCUT2D eigenvalue weighted by molar-refractivity contribution is 6.30. The van der Waals surface area contributed by atoms with Crippen molar-refractivity contribution in [1.82, 2.24) is 9.80 Å². The highest BCUT2D eigenvalue weighted by Crippen LogP contribution is 2.26. The van der Waals surface area contributed by atoms with E-state index in [4.69, 9.17) is 16.3 Å². The SMILES string of the molecule is COC(=O)C1CCN([C@@H]2CC(=O)N(Cc3ccc(Cl)cc3)C2=O)CC1. The van der Waals surface area contributed by atoms with Crippen LogP contribution in [-0.4, -0.2) is 53.8 Å². The molecule has 3 rings (SSSR count). The first-order chi connectivity index (χ1) is 12.0. The number of imide groups is 1. The predicted octanol–water partition coefficient (Wildman–Crippen LogP) is 1.85. The topological polar surface area (TPSA) is 66.9 Å². The summed E-state index contributed by atoms with van der Waals surface area (Å²) in [6.45, 7) is 1.51. The molecular weight excluding hydrogens is 344 g/mol. The molecule has 0 unspecified atom stereocenters. The van der Waals surface area contributed by atoms with Gasteiger partial charge in [0.1, 0.15) is 0 Å². The van der Waals surface area contributed by atoms with Gasteiger partial charge in [-0.15, -0.1) is 0 Å². The number of piperidine rings is 1. The first kappa shape index (κ1) is 17.9. The number of ether oxygens (including phenoxy) is 1. The molecular formula is C18H21ClN2O4. The lowest BCUT2D eigenvalue weighted by Crippen LogP contribution is -2.46. The van der Waals surface area contributed by atoms with Crippen LogP contribution in [0.1, 0.15) is 24.8 Å². The van der Waals surface area contributed by atoms with Crippen LogP contribution in [0.15, 0.2) is 24.3 Å². The summed E-state index contributed by atoms with van der Waals surface area (Å²) >= 11 is 5.87. The zero-order valence-electron chi connectivity index (χ0n) is 14.1. The summed E-state index contributed by atoms with van der Waals surface area (Å²) in [5, 5.41) is 0.620. The highest BCUT2D eigenvalue weighted by Gasteiger charge is 2.43. The Bertz CT molecular complexity index is 668. The monoisotopic (exact) mass is 364 g/mol. The third-order valence-electron chi connectivity index (χ3n) is 4.98. The minimum Gasteiger partial charge on any atom is -0.469 e. The number of likely N-dealkylation sites (tertiary alicyclic amines) is 2. The molecule has 0 spiro atoms. The number of rotatable bonds is 4. The summed E-state index contributed by atoms with van der Waals surface area (Å²) in [5.41, 5.74) is 0.871. The number of carbonyl (C=O) groups is 3. The summed E-state index contributed by atoms with van der Waals surface area (Å²) in [6, 6.07) is 6.71. The minimum absolute atomic E-state index is 0.112. The number of amides is 2. The zero-order valence-corrected chi connectivity index (χ0v) is 14.9. The Morgan fingerprint density at radius 3 is 2.44 bits per heavy atom. The molecule has 0 aliphatic carbocycles. The second kappa shape index (κ2) is 7.54. The lowest BCUT2D eigenvalue weighted by Gasteiger charge is -2.33. The minimum atomic E-state index is -0.418. The fourth-order valence-corrected chi connectivity index (χ4v) is 3.63. The van der Waals surface area contributed by atoms with Gasteiger partial charge in [-0.1, -0.05) is 23.7 Å². The van der Waals surface area contributed by atoms with Crippen molar-refractivity contribution in [3.05, 3.63) is 34.9 Å². The highest BCUT2D eigenvalue weighted by atomic mass is 35.5. The lowest BCUT2D eigenvalue weighted by molar-refractivity contribution is -0.147. The van der Waals surface area contributed by atoms with Gasteiger partial charge < -0.3 is 4.74 Å². The smallest absolute Gasteiger partial charge is 0.308 e. The molecule has 25 heavy (non-hydrogen) atoms. The van der Waals surface area contributed by atoms with Crippen molar-refractivity contribution in [2.45, 2.75) is 31.8 Å². The second-order valence-electron chi connectivity index (χ2n) is 6.50. The average Bonchev–Trinajstić information content (AvgIpc) is 2.91. The molecule has 2 amide bonds. The molecule has 7 heteroatoms. The van der Waals surface area contributed by atoms with Crippen LogP contribution in [0.2, 0.25) is 5.02 Å². The molecule has 134 valence electrons. The molecule has 1 atom stereocenters. The Hall–Kier alpha value is -1.92. The van der Waals surface area contributed by atoms with Crippen LogP contribution in [0.25, 0.3) is 0 Å². The molecule has 1 aromatic carbocycles. The van der Waals surface area contributed by atoms with Crippen molar-refractivity contribution >= 4 is 29.4 Å². The molecule has 6 nitrogen and oxygen atoms in total. The van der Waals surface area contributed by atoms with E-state index < -0.39 is 6.04 Å². The first-order valence-corrected chi connectivity index (χ1v) is 8.78. The molecule has 2 heterocycles. The molecule has 2 fully saturated rings. The van der Waals surface area contributed by atoms with Gasteiger partial charge in [0.15, 0.2) is 0 Å². The van der Waals surface area contributed by atoms with E-state index >= 15 is 0 Å². The van der Waals surface area contributed by atoms with E-state index in [1.165, 1.54) is 12.0 Å². The number of esters is 1. The van der Waals surface area contributed by atoms with Crippen molar-refractivity contribution in [2.24, 2.45) is 5.92 Å². The molecule has 1 aromatic rings. The van der Waals surface area contributed by atoms with Crippen molar-refractivity contribution < 1.29 is 19.1 Å². The molecule has 2 aliphatic rings. The summed E-state index contributed by atoms with van der Waals surface area (Å²) in [4.78, 5) is 40.0.